The minimum absolute atomic E-state index is 0.275. The van der Waals surface area contributed by atoms with E-state index >= 15 is 0 Å². The number of esters is 1. The lowest BCUT2D eigenvalue weighted by Gasteiger charge is -2.16. The minimum Gasteiger partial charge on any atom is -0.462 e. The Morgan fingerprint density at radius 3 is 1.62 bits per heavy atom. The van der Waals surface area contributed by atoms with Gasteiger partial charge in [-0.15, -0.1) is 0 Å². The van der Waals surface area contributed by atoms with E-state index in [-0.39, 0.29) is 5.97 Å². The van der Waals surface area contributed by atoms with Gasteiger partial charge in [0.1, 0.15) is 0 Å². The summed E-state index contributed by atoms with van der Waals surface area (Å²) in [6, 6.07) is 0. The molecule has 0 aliphatic carbocycles. The Kier molecular flexibility index (Phi) is 17.9. The highest BCUT2D eigenvalue weighted by molar-refractivity contribution is 5.81. The molecule has 0 heterocycles. The van der Waals surface area contributed by atoms with Crippen LogP contribution in [-0.2, 0) is 9.53 Å². The Bertz CT molecular complexity index is 286. The van der Waals surface area contributed by atoms with E-state index in [1.54, 1.807) is 0 Å². The summed E-state index contributed by atoms with van der Waals surface area (Å²) in [5.74, 6) is 0.262. The van der Waals surface area contributed by atoms with Gasteiger partial charge in [0.15, 0.2) is 0 Å². The van der Waals surface area contributed by atoms with Gasteiger partial charge in [0.2, 0.25) is 0 Å². The highest BCUT2D eigenvalue weighted by Crippen LogP contribution is 2.20. The smallest absolute Gasteiger partial charge is 0.330 e. The van der Waals surface area contributed by atoms with Gasteiger partial charge in [0.25, 0.3) is 0 Å². The van der Waals surface area contributed by atoms with Crippen LogP contribution < -0.4 is 0 Å². The summed E-state index contributed by atoms with van der Waals surface area (Å²) in [6.45, 7) is 8.58. The second-order valence-electron chi connectivity index (χ2n) is 7.17. The predicted molar refractivity (Wildman–Crippen MR) is 105 cm³/mol. The van der Waals surface area contributed by atoms with E-state index in [1.165, 1.54) is 102 Å². The summed E-state index contributed by atoms with van der Waals surface area (Å²) < 4.78 is 5.30. The van der Waals surface area contributed by atoms with Crippen molar-refractivity contribution in [2.24, 2.45) is 5.92 Å². The maximum absolute atomic E-state index is 11.3. The number of hydrogen-bond donors (Lipinski definition) is 0. The van der Waals surface area contributed by atoms with Gasteiger partial charge in [-0.25, -0.2) is 4.79 Å². The van der Waals surface area contributed by atoms with E-state index in [9.17, 15) is 4.79 Å². The lowest BCUT2D eigenvalue weighted by molar-refractivity contribution is -0.139. The molecular formula is C22H42O2. The molecule has 0 rings (SSSR count). The first-order chi connectivity index (χ1) is 11.7. The molecule has 1 unspecified atom stereocenters. The fraction of sp³-hybridized carbons (Fsp3) is 0.864. The summed E-state index contributed by atoms with van der Waals surface area (Å²) in [5, 5.41) is 0. The van der Waals surface area contributed by atoms with Gasteiger partial charge in [-0.2, -0.15) is 0 Å². The Morgan fingerprint density at radius 1 is 0.792 bits per heavy atom. The SMILES string of the molecule is C=CC(=O)OCC(CCCCCCCC)CCCCCCCCC. The van der Waals surface area contributed by atoms with Crippen molar-refractivity contribution in [3.63, 3.8) is 0 Å². The van der Waals surface area contributed by atoms with Crippen molar-refractivity contribution < 1.29 is 9.53 Å². The first kappa shape index (κ1) is 23.2. The first-order valence-corrected chi connectivity index (χ1v) is 10.5. The largest absolute Gasteiger partial charge is 0.462 e. The van der Waals surface area contributed by atoms with Gasteiger partial charge in [-0.05, 0) is 18.8 Å². The molecule has 1 atom stereocenters. The first-order valence-electron chi connectivity index (χ1n) is 10.5. The van der Waals surface area contributed by atoms with Crippen molar-refractivity contribution in [2.45, 2.75) is 110 Å². The molecule has 0 radical (unpaired) electrons. The predicted octanol–water partition coefficient (Wildman–Crippen LogP) is 7.22. The van der Waals surface area contributed by atoms with Gasteiger partial charge in [-0.3, -0.25) is 0 Å². The zero-order valence-electron chi connectivity index (χ0n) is 16.5. The molecule has 0 aliphatic heterocycles. The van der Waals surface area contributed by atoms with E-state index in [2.05, 4.69) is 20.4 Å². The van der Waals surface area contributed by atoms with Crippen molar-refractivity contribution in [3.8, 4) is 0 Å². The monoisotopic (exact) mass is 338 g/mol. The van der Waals surface area contributed by atoms with Crippen molar-refractivity contribution >= 4 is 5.97 Å². The number of hydrogen-bond acceptors (Lipinski definition) is 2. The molecule has 2 heteroatoms. The van der Waals surface area contributed by atoms with Crippen LogP contribution in [-0.4, -0.2) is 12.6 Å². The highest BCUT2D eigenvalue weighted by Gasteiger charge is 2.11. The van der Waals surface area contributed by atoms with Crippen LogP contribution in [0.4, 0.5) is 0 Å². The molecular weight excluding hydrogens is 296 g/mol. The standard InChI is InChI=1S/C22H42O2/c1-4-7-9-11-13-15-17-19-21(20-24-22(23)6-3)18-16-14-12-10-8-5-2/h6,21H,3-5,7-20H2,1-2H3. The Labute approximate surface area is 151 Å². The third-order valence-electron chi connectivity index (χ3n) is 4.81. The van der Waals surface area contributed by atoms with Gasteiger partial charge in [0, 0.05) is 6.08 Å². The van der Waals surface area contributed by atoms with E-state index < -0.39 is 0 Å². The average molecular weight is 339 g/mol. The number of ether oxygens (including phenoxy) is 1. The highest BCUT2D eigenvalue weighted by atomic mass is 16.5. The van der Waals surface area contributed by atoms with Crippen molar-refractivity contribution in [1.82, 2.24) is 0 Å². The normalized spacial score (nSPS) is 12.1. The topological polar surface area (TPSA) is 26.3 Å². The number of rotatable bonds is 18. The molecule has 0 aliphatic rings. The fourth-order valence-corrected chi connectivity index (χ4v) is 3.17. The van der Waals surface area contributed by atoms with Crippen LogP contribution in [0.5, 0.6) is 0 Å². The quantitative estimate of drug-likeness (QED) is 0.150. The number of unbranched alkanes of at least 4 members (excludes halogenated alkanes) is 11. The zero-order valence-corrected chi connectivity index (χ0v) is 16.5. The second-order valence-corrected chi connectivity index (χ2v) is 7.17. The van der Waals surface area contributed by atoms with E-state index in [0.29, 0.717) is 12.5 Å². The molecule has 24 heavy (non-hydrogen) atoms. The van der Waals surface area contributed by atoms with E-state index in [1.807, 2.05) is 0 Å². The fourth-order valence-electron chi connectivity index (χ4n) is 3.17. The van der Waals surface area contributed by atoms with Crippen LogP contribution in [0.15, 0.2) is 12.7 Å². The van der Waals surface area contributed by atoms with Crippen LogP contribution in [0.1, 0.15) is 110 Å². The van der Waals surface area contributed by atoms with Crippen LogP contribution in [0.25, 0.3) is 0 Å². The van der Waals surface area contributed by atoms with Gasteiger partial charge < -0.3 is 4.74 Å². The second kappa shape index (κ2) is 18.5. The molecule has 0 N–H and O–H groups in total. The molecule has 142 valence electrons. The molecule has 0 aromatic heterocycles. The Balaban J connectivity index is 3.82. The summed E-state index contributed by atoms with van der Waals surface area (Å²) in [4.78, 5) is 11.3. The van der Waals surface area contributed by atoms with Crippen LogP contribution in [0, 0.1) is 5.92 Å². The van der Waals surface area contributed by atoms with Crippen molar-refractivity contribution in [1.29, 1.82) is 0 Å². The minimum atomic E-state index is -0.275. The van der Waals surface area contributed by atoms with Crippen molar-refractivity contribution in [2.75, 3.05) is 6.61 Å². The maximum Gasteiger partial charge on any atom is 0.330 e. The van der Waals surface area contributed by atoms with Gasteiger partial charge >= 0.3 is 5.97 Å². The molecule has 0 spiro atoms. The number of carbonyl (C=O) groups is 1. The molecule has 0 saturated heterocycles. The molecule has 2 nitrogen and oxygen atoms in total. The van der Waals surface area contributed by atoms with Crippen LogP contribution in [0.3, 0.4) is 0 Å². The zero-order chi connectivity index (χ0) is 17.9. The lowest BCUT2D eigenvalue weighted by Crippen LogP contribution is -2.13. The maximum atomic E-state index is 11.3. The molecule has 0 saturated carbocycles. The third-order valence-corrected chi connectivity index (χ3v) is 4.81. The summed E-state index contributed by atoms with van der Waals surface area (Å²) in [7, 11) is 0. The Hall–Kier alpha value is -0.790. The summed E-state index contributed by atoms with van der Waals surface area (Å²) in [5.41, 5.74) is 0. The average Bonchev–Trinajstić information content (AvgIpc) is 2.60. The van der Waals surface area contributed by atoms with Crippen molar-refractivity contribution in [3.05, 3.63) is 12.7 Å². The Morgan fingerprint density at radius 2 is 1.21 bits per heavy atom. The molecule has 0 bridgehead atoms. The van der Waals surface area contributed by atoms with Gasteiger partial charge in [-0.1, -0.05) is 104 Å². The summed E-state index contributed by atoms with van der Waals surface area (Å²) in [6.07, 6.45) is 21.1. The van der Waals surface area contributed by atoms with Gasteiger partial charge in [0.05, 0.1) is 6.61 Å². The molecule has 0 aromatic carbocycles. The molecule has 0 fully saturated rings. The van der Waals surface area contributed by atoms with Crippen LogP contribution >= 0.6 is 0 Å². The van der Waals surface area contributed by atoms with E-state index in [4.69, 9.17) is 4.74 Å². The number of carbonyl (C=O) groups excluding carboxylic acids is 1. The lowest BCUT2D eigenvalue weighted by atomic mass is 9.94. The molecule has 0 amide bonds. The molecule has 0 aromatic rings. The summed E-state index contributed by atoms with van der Waals surface area (Å²) >= 11 is 0. The van der Waals surface area contributed by atoms with Crippen LogP contribution in [0.2, 0.25) is 0 Å². The third kappa shape index (κ3) is 16.1. The van der Waals surface area contributed by atoms with E-state index in [0.717, 1.165) is 0 Å².